The van der Waals surface area contributed by atoms with E-state index in [1.54, 1.807) is 35.9 Å². The highest BCUT2D eigenvalue weighted by Crippen LogP contribution is 2.32. The SMILES string of the molecule is CCOC(=O)c1ccccc1NC(=O)CSc1nnc(-c2cn(C)nc2-c2ccccc2)n1CC. The van der Waals surface area contributed by atoms with Crippen molar-refractivity contribution in [2.75, 3.05) is 17.7 Å². The summed E-state index contributed by atoms with van der Waals surface area (Å²) in [6, 6.07) is 16.7. The predicted octanol–water partition coefficient (Wildman–Crippen LogP) is 4.27. The van der Waals surface area contributed by atoms with Gasteiger partial charge in [0.05, 0.1) is 29.2 Å². The molecular formula is C25H26N6O3S. The first-order valence-corrected chi connectivity index (χ1v) is 12.2. The van der Waals surface area contributed by atoms with Crippen LogP contribution < -0.4 is 5.32 Å². The molecule has 0 spiro atoms. The number of hydrogen-bond donors (Lipinski definition) is 1. The fourth-order valence-corrected chi connectivity index (χ4v) is 4.44. The van der Waals surface area contributed by atoms with Crippen molar-refractivity contribution in [3.63, 3.8) is 0 Å². The number of para-hydroxylation sites is 1. The molecule has 10 heteroatoms. The number of anilines is 1. The summed E-state index contributed by atoms with van der Waals surface area (Å²) < 4.78 is 8.80. The highest BCUT2D eigenvalue weighted by Gasteiger charge is 2.21. The summed E-state index contributed by atoms with van der Waals surface area (Å²) in [7, 11) is 1.87. The standard InChI is InChI=1S/C25H26N6O3S/c1-4-31-23(19-15-30(3)29-22(19)17-11-7-6-8-12-17)27-28-25(31)35-16-21(32)26-20-14-10-9-13-18(20)24(33)34-5-2/h6-15H,4-5,16H2,1-3H3,(H,26,32). The van der Waals surface area contributed by atoms with Gasteiger partial charge in [-0.2, -0.15) is 5.10 Å². The lowest BCUT2D eigenvalue weighted by atomic mass is 10.1. The van der Waals surface area contributed by atoms with E-state index in [0.29, 0.717) is 28.8 Å². The number of amides is 1. The van der Waals surface area contributed by atoms with E-state index in [9.17, 15) is 9.59 Å². The minimum Gasteiger partial charge on any atom is -0.462 e. The number of rotatable bonds is 9. The van der Waals surface area contributed by atoms with Crippen molar-refractivity contribution in [3.05, 3.63) is 66.4 Å². The van der Waals surface area contributed by atoms with E-state index in [0.717, 1.165) is 16.8 Å². The first-order chi connectivity index (χ1) is 17.0. The van der Waals surface area contributed by atoms with Crippen LogP contribution in [0, 0.1) is 0 Å². The number of esters is 1. The Morgan fingerprint density at radius 2 is 1.77 bits per heavy atom. The number of carbonyl (C=O) groups excluding carboxylic acids is 2. The summed E-state index contributed by atoms with van der Waals surface area (Å²) in [6.07, 6.45) is 1.92. The van der Waals surface area contributed by atoms with Crippen molar-refractivity contribution in [2.24, 2.45) is 7.05 Å². The summed E-state index contributed by atoms with van der Waals surface area (Å²) in [5.41, 5.74) is 3.41. The Hall–Kier alpha value is -3.92. The van der Waals surface area contributed by atoms with Gasteiger partial charge < -0.3 is 14.6 Å². The molecule has 2 aromatic heterocycles. The number of thioether (sulfide) groups is 1. The normalized spacial score (nSPS) is 10.8. The lowest BCUT2D eigenvalue weighted by molar-refractivity contribution is -0.113. The van der Waals surface area contributed by atoms with Gasteiger partial charge in [-0.1, -0.05) is 54.2 Å². The van der Waals surface area contributed by atoms with Crippen molar-refractivity contribution in [1.29, 1.82) is 0 Å². The lowest BCUT2D eigenvalue weighted by Crippen LogP contribution is -2.17. The highest BCUT2D eigenvalue weighted by molar-refractivity contribution is 7.99. The summed E-state index contributed by atoms with van der Waals surface area (Å²) in [5, 5.41) is 16.8. The van der Waals surface area contributed by atoms with Crippen molar-refractivity contribution < 1.29 is 14.3 Å². The maximum absolute atomic E-state index is 12.7. The number of carbonyl (C=O) groups is 2. The van der Waals surface area contributed by atoms with Crippen molar-refractivity contribution in [2.45, 2.75) is 25.5 Å². The van der Waals surface area contributed by atoms with Gasteiger partial charge in [-0.05, 0) is 26.0 Å². The van der Waals surface area contributed by atoms with E-state index < -0.39 is 5.97 Å². The van der Waals surface area contributed by atoms with Gasteiger partial charge in [0.1, 0.15) is 5.69 Å². The van der Waals surface area contributed by atoms with Crippen LogP contribution in [0.15, 0.2) is 66.0 Å². The maximum atomic E-state index is 12.7. The third-order valence-corrected chi connectivity index (χ3v) is 6.15. The minimum atomic E-state index is -0.475. The molecule has 2 aromatic carbocycles. The predicted molar refractivity (Wildman–Crippen MR) is 135 cm³/mol. The number of aromatic nitrogens is 5. The van der Waals surface area contributed by atoms with E-state index in [1.165, 1.54) is 11.8 Å². The Labute approximate surface area is 207 Å². The van der Waals surface area contributed by atoms with Crippen molar-refractivity contribution >= 4 is 29.3 Å². The van der Waals surface area contributed by atoms with Crippen LogP contribution in [0.4, 0.5) is 5.69 Å². The monoisotopic (exact) mass is 490 g/mol. The molecule has 0 saturated carbocycles. The molecule has 2 heterocycles. The van der Waals surface area contributed by atoms with Gasteiger partial charge in [-0.3, -0.25) is 9.48 Å². The molecule has 180 valence electrons. The Bertz CT molecular complexity index is 1330. The molecule has 0 aliphatic rings. The van der Waals surface area contributed by atoms with Crippen LogP contribution >= 0.6 is 11.8 Å². The smallest absolute Gasteiger partial charge is 0.340 e. The van der Waals surface area contributed by atoms with Gasteiger partial charge >= 0.3 is 5.97 Å². The van der Waals surface area contributed by atoms with Crippen LogP contribution in [0.3, 0.4) is 0 Å². The average molecular weight is 491 g/mol. The molecule has 0 fully saturated rings. The van der Waals surface area contributed by atoms with E-state index in [-0.39, 0.29) is 18.3 Å². The molecule has 0 aliphatic heterocycles. The summed E-state index contributed by atoms with van der Waals surface area (Å²) in [4.78, 5) is 24.9. The number of aryl methyl sites for hydroxylation is 1. The molecule has 1 amide bonds. The van der Waals surface area contributed by atoms with Crippen LogP contribution in [0.2, 0.25) is 0 Å². The molecule has 4 rings (SSSR count). The fraction of sp³-hybridized carbons (Fsp3) is 0.240. The first kappa shape index (κ1) is 24.2. The van der Waals surface area contributed by atoms with Gasteiger partial charge in [-0.15, -0.1) is 10.2 Å². The Kier molecular flexibility index (Phi) is 7.61. The average Bonchev–Trinajstić information content (AvgIpc) is 3.46. The number of benzene rings is 2. The zero-order valence-corrected chi connectivity index (χ0v) is 20.6. The molecule has 0 saturated heterocycles. The lowest BCUT2D eigenvalue weighted by Gasteiger charge is -2.10. The molecule has 35 heavy (non-hydrogen) atoms. The van der Waals surface area contributed by atoms with Gasteiger partial charge in [0, 0.05) is 25.4 Å². The second kappa shape index (κ2) is 11.0. The van der Waals surface area contributed by atoms with Crippen LogP contribution in [-0.2, 0) is 23.1 Å². The largest absolute Gasteiger partial charge is 0.462 e. The summed E-state index contributed by atoms with van der Waals surface area (Å²) in [5.74, 6) is 0.0610. The number of ether oxygens (including phenoxy) is 1. The van der Waals surface area contributed by atoms with E-state index in [4.69, 9.17) is 4.74 Å². The Balaban J connectivity index is 1.51. The molecule has 0 aliphatic carbocycles. The molecule has 0 unspecified atom stereocenters. The van der Waals surface area contributed by atoms with Crippen LogP contribution in [0.25, 0.3) is 22.6 Å². The number of nitrogens with zero attached hydrogens (tertiary/aromatic N) is 5. The highest BCUT2D eigenvalue weighted by atomic mass is 32.2. The molecule has 0 atom stereocenters. The van der Waals surface area contributed by atoms with E-state index in [2.05, 4.69) is 20.6 Å². The molecule has 0 radical (unpaired) electrons. The second-order valence-corrected chi connectivity index (χ2v) is 8.53. The van der Waals surface area contributed by atoms with Gasteiger partial charge in [-0.25, -0.2) is 4.79 Å². The van der Waals surface area contributed by atoms with Gasteiger partial charge in [0.25, 0.3) is 0 Å². The quantitative estimate of drug-likeness (QED) is 0.276. The third kappa shape index (κ3) is 5.43. The molecule has 0 bridgehead atoms. The van der Waals surface area contributed by atoms with Crippen molar-refractivity contribution in [3.8, 4) is 22.6 Å². The third-order valence-electron chi connectivity index (χ3n) is 5.18. The number of hydrogen-bond acceptors (Lipinski definition) is 7. The zero-order chi connectivity index (χ0) is 24.8. The zero-order valence-electron chi connectivity index (χ0n) is 19.8. The summed E-state index contributed by atoms with van der Waals surface area (Å²) in [6.45, 7) is 4.63. The van der Waals surface area contributed by atoms with Gasteiger partial charge in [0.2, 0.25) is 5.91 Å². The molecule has 9 nitrogen and oxygen atoms in total. The number of nitrogens with one attached hydrogen (secondary N) is 1. The second-order valence-electron chi connectivity index (χ2n) is 7.58. The van der Waals surface area contributed by atoms with Crippen LogP contribution in [0.1, 0.15) is 24.2 Å². The molecule has 1 N–H and O–H groups in total. The topological polar surface area (TPSA) is 104 Å². The van der Waals surface area contributed by atoms with E-state index >= 15 is 0 Å². The summed E-state index contributed by atoms with van der Waals surface area (Å²) >= 11 is 1.28. The molecular weight excluding hydrogens is 464 g/mol. The Morgan fingerprint density at radius 3 is 2.51 bits per heavy atom. The fourth-order valence-electron chi connectivity index (χ4n) is 3.64. The minimum absolute atomic E-state index is 0.105. The van der Waals surface area contributed by atoms with E-state index in [1.807, 2.05) is 55.1 Å². The van der Waals surface area contributed by atoms with Crippen LogP contribution in [-0.4, -0.2) is 48.8 Å². The van der Waals surface area contributed by atoms with Crippen molar-refractivity contribution in [1.82, 2.24) is 24.5 Å². The Morgan fingerprint density at radius 1 is 1.03 bits per heavy atom. The van der Waals surface area contributed by atoms with Crippen LogP contribution in [0.5, 0.6) is 0 Å². The maximum Gasteiger partial charge on any atom is 0.340 e. The first-order valence-electron chi connectivity index (χ1n) is 11.2. The molecule has 4 aromatic rings. The van der Waals surface area contributed by atoms with Gasteiger partial charge in [0.15, 0.2) is 11.0 Å².